The first kappa shape index (κ1) is 11.0. The maximum atomic E-state index is 9.93. The summed E-state index contributed by atoms with van der Waals surface area (Å²) >= 11 is 6.69. The average Bonchev–Trinajstić information content (AvgIpc) is 2.00. The molecule has 0 aliphatic carbocycles. The van der Waals surface area contributed by atoms with Gasteiger partial charge in [0.2, 0.25) is 0 Å². The Hall–Kier alpha value is 1.02. The molecule has 0 N–H and O–H groups in total. The molecule has 0 saturated carbocycles. The van der Waals surface area contributed by atoms with Crippen molar-refractivity contribution < 1.29 is 9.09 Å². The Morgan fingerprint density at radius 3 is 2.30 bits per heavy atom. The quantitative estimate of drug-likeness (QED) is 0.575. The summed E-state index contributed by atoms with van der Waals surface area (Å²) in [7, 11) is -0.243. The van der Waals surface area contributed by atoms with Crippen LogP contribution in [0.2, 0.25) is 0 Å². The molecule has 0 saturated heterocycles. The lowest BCUT2D eigenvalue weighted by Crippen LogP contribution is -2.25. The van der Waals surface area contributed by atoms with Crippen LogP contribution in [0.4, 0.5) is 0 Å². The van der Waals surface area contributed by atoms with E-state index in [4.69, 9.17) is 4.52 Å². The van der Waals surface area contributed by atoms with Crippen LogP contribution >= 0.6 is 40.5 Å². The number of halogens is 2. The molecule has 5 heteroatoms. The minimum atomic E-state index is -0.243. The molecule has 10 heavy (non-hydrogen) atoms. The molecule has 0 unspecified atom stereocenters. The van der Waals surface area contributed by atoms with Gasteiger partial charge in [0.1, 0.15) is 0 Å². The summed E-state index contributed by atoms with van der Waals surface area (Å²) < 4.78 is 14.7. The second kappa shape index (κ2) is 5.64. The third-order valence-corrected chi connectivity index (χ3v) is 4.05. The van der Waals surface area contributed by atoms with Crippen LogP contribution in [0.1, 0.15) is 6.92 Å². The van der Waals surface area contributed by atoms with Crippen molar-refractivity contribution in [1.29, 1.82) is 0 Å². The molecule has 0 aliphatic rings. The van der Waals surface area contributed by atoms with Crippen LogP contribution in [0.25, 0.3) is 0 Å². The largest absolute Gasteiger partial charge is 0.327 e. The Bertz CT molecular complexity index is 106. The first-order valence-corrected chi connectivity index (χ1v) is 5.72. The summed E-state index contributed by atoms with van der Waals surface area (Å²) in [5.74, 6) is 0. The van der Waals surface area contributed by atoms with Gasteiger partial charge in [-0.3, -0.25) is 4.52 Å². The van der Waals surface area contributed by atoms with Crippen molar-refractivity contribution >= 4 is 40.5 Å². The fraction of sp³-hybridized carbons (Fsp3) is 1.00. The van der Waals surface area contributed by atoms with Gasteiger partial charge in [0.05, 0.1) is 6.61 Å². The van der Waals surface area contributed by atoms with E-state index in [2.05, 4.69) is 31.9 Å². The van der Waals surface area contributed by atoms with Gasteiger partial charge in [-0.25, -0.2) is 4.57 Å². The summed E-state index contributed by atoms with van der Waals surface area (Å²) in [5.41, 5.74) is 0.0391. The van der Waals surface area contributed by atoms with Crippen LogP contribution in [0, 0.1) is 5.41 Å². The van der Waals surface area contributed by atoms with Crippen LogP contribution in [0.15, 0.2) is 0 Å². The molecular formula is C5H9Br2O2P. The molecule has 0 aromatic carbocycles. The number of hydrogen-bond acceptors (Lipinski definition) is 2. The van der Waals surface area contributed by atoms with E-state index in [0.29, 0.717) is 6.61 Å². The second-order valence-corrected chi connectivity index (χ2v) is 3.95. The molecule has 0 aliphatic heterocycles. The zero-order chi connectivity index (χ0) is 8.04. The van der Waals surface area contributed by atoms with Gasteiger partial charge >= 0.3 is 8.69 Å². The van der Waals surface area contributed by atoms with E-state index in [0.717, 1.165) is 10.7 Å². The molecule has 0 fully saturated rings. The lowest BCUT2D eigenvalue weighted by atomic mass is 9.99. The minimum Gasteiger partial charge on any atom is -0.294 e. The fourth-order valence-electron chi connectivity index (χ4n) is 0.295. The predicted octanol–water partition coefficient (Wildman–Crippen LogP) is 3.01. The maximum absolute atomic E-state index is 9.93. The van der Waals surface area contributed by atoms with Gasteiger partial charge in [0.15, 0.2) is 0 Å². The van der Waals surface area contributed by atoms with Gasteiger partial charge in [0.25, 0.3) is 0 Å². The van der Waals surface area contributed by atoms with Gasteiger partial charge in [-0.15, -0.1) is 0 Å². The molecule has 0 amide bonds. The highest BCUT2D eigenvalue weighted by molar-refractivity contribution is 9.09. The SMILES string of the molecule is CC(CBr)(CBr)COP=O. The summed E-state index contributed by atoms with van der Waals surface area (Å²) in [5, 5.41) is 1.67. The topological polar surface area (TPSA) is 26.3 Å². The van der Waals surface area contributed by atoms with Crippen LogP contribution in [-0.4, -0.2) is 17.3 Å². The van der Waals surface area contributed by atoms with E-state index in [9.17, 15) is 4.57 Å². The third kappa shape index (κ3) is 4.02. The molecule has 0 aromatic rings. The second-order valence-electron chi connectivity index (χ2n) is 2.43. The summed E-state index contributed by atoms with van der Waals surface area (Å²) in [6.45, 7) is 2.54. The van der Waals surface area contributed by atoms with Crippen LogP contribution in [0.3, 0.4) is 0 Å². The zero-order valence-corrected chi connectivity index (χ0v) is 9.71. The van der Waals surface area contributed by atoms with Crippen molar-refractivity contribution in [3.8, 4) is 0 Å². The van der Waals surface area contributed by atoms with E-state index in [1.807, 2.05) is 6.92 Å². The van der Waals surface area contributed by atoms with Gasteiger partial charge in [-0.1, -0.05) is 38.8 Å². The Labute approximate surface area is 79.3 Å². The zero-order valence-electron chi connectivity index (χ0n) is 5.64. The molecule has 0 heterocycles. The average molecular weight is 292 g/mol. The van der Waals surface area contributed by atoms with Gasteiger partial charge in [0, 0.05) is 16.1 Å². The van der Waals surface area contributed by atoms with Gasteiger partial charge in [-0.05, 0) is 0 Å². The Morgan fingerprint density at radius 2 is 2.00 bits per heavy atom. The number of rotatable bonds is 5. The standard InChI is InChI=1S/C5H9Br2O2P/c1-5(2-6,3-7)4-9-10-8/h2-4H2,1H3. The van der Waals surface area contributed by atoms with E-state index in [1.54, 1.807) is 0 Å². The third-order valence-electron chi connectivity index (χ3n) is 1.11. The van der Waals surface area contributed by atoms with Crippen LogP contribution in [-0.2, 0) is 9.09 Å². The summed E-state index contributed by atoms with van der Waals surface area (Å²) in [6.07, 6.45) is 0. The number of hydrogen-bond donors (Lipinski definition) is 0. The highest BCUT2D eigenvalue weighted by atomic mass is 79.9. The van der Waals surface area contributed by atoms with Crippen molar-refractivity contribution in [2.75, 3.05) is 17.3 Å². The van der Waals surface area contributed by atoms with Crippen LogP contribution < -0.4 is 0 Å². The lowest BCUT2D eigenvalue weighted by molar-refractivity contribution is 0.225. The monoisotopic (exact) mass is 290 g/mol. The molecule has 0 radical (unpaired) electrons. The Morgan fingerprint density at radius 1 is 1.50 bits per heavy atom. The fourth-order valence-corrected chi connectivity index (χ4v) is 1.91. The molecular weight excluding hydrogens is 283 g/mol. The maximum Gasteiger partial charge on any atom is 0.327 e. The van der Waals surface area contributed by atoms with E-state index >= 15 is 0 Å². The first-order chi connectivity index (χ1) is 4.68. The van der Waals surface area contributed by atoms with E-state index in [-0.39, 0.29) is 14.1 Å². The number of alkyl halides is 2. The van der Waals surface area contributed by atoms with Gasteiger partial charge in [-0.2, -0.15) is 0 Å². The normalized spacial score (nSPS) is 12.3. The molecule has 0 aromatic heterocycles. The highest BCUT2D eigenvalue weighted by Crippen LogP contribution is 2.23. The first-order valence-electron chi connectivity index (χ1n) is 2.75. The molecule has 0 bridgehead atoms. The molecule has 0 rings (SSSR count). The molecule has 0 atom stereocenters. The Kier molecular flexibility index (Phi) is 6.22. The molecule has 60 valence electrons. The highest BCUT2D eigenvalue weighted by Gasteiger charge is 2.21. The van der Waals surface area contributed by atoms with Gasteiger partial charge < -0.3 is 0 Å². The lowest BCUT2D eigenvalue weighted by Gasteiger charge is -2.21. The van der Waals surface area contributed by atoms with E-state index in [1.165, 1.54) is 0 Å². The van der Waals surface area contributed by atoms with Crippen molar-refractivity contribution in [3.05, 3.63) is 0 Å². The molecule has 2 nitrogen and oxygen atoms in total. The van der Waals surface area contributed by atoms with Crippen molar-refractivity contribution in [2.45, 2.75) is 6.92 Å². The minimum absolute atomic E-state index is 0.0391. The molecule has 0 spiro atoms. The Balaban J connectivity index is 3.68. The summed E-state index contributed by atoms with van der Waals surface area (Å²) in [4.78, 5) is 0. The van der Waals surface area contributed by atoms with Crippen LogP contribution in [0.5, 0.6) is 0 Å². The van der Waals surface area contributed by atoms with E-state index < -0.39 is 0 Å². The van der Waals surface area contributed by atoms with Crippen molar-refractivity contribution in [1.82, 2.24) is 0 Å². The summed E-state index contributed by atoms with van der Waals surface area (Å²) in [6, 6.07) is 0. The van der Waals surface area contributed by atoms with Crippen molar-refractivity contribution in [3.63, 3.8) is 0 Å². The smallest absolute Gasteiger partial charge is 0.294 e. The predicted molar refractivity (Wildman–Crippen MR) is 49.3 cm³/mol. The van der Waals surface area contributed by atoms with Crippen molar-refractivity contribution in [2.24, 2.45) is 5.41 Å².